The van der Waals surface area contributed by atoms with Crippen LogP contribution in [0.5, 0.6) is 0 Å². The van der Waals surface area contributed by atoms with E-state index < -0.39 is 0 Å². The average Bonchev–Trinajstić information content (AvgIpc) is 2.22. The third-order valence-corrected chi connectivity index (χ3v) is 2.51. The molecule has 0 aromatic carbocycles. The van der Waals surface area contributed by atoms with E-state index in [1.807, 2.05) is 6.92 Å². The van der Waals surface area contributed by atoms with Crippen LogP contribution >= 0.6 is 15.9 Å². The highest BCUT2D eigenvalue weighted by atomic mass is 79.9. The number of aliphatic hydroxyl groups is 1. The average molecular weight is 289 g/mol. The molecule has 0 spiro atoms. The molecule has 0 radical (unpaired) electrons. The largest absolute Gasteiger partial charge is 0.393 e. The molecule has 1 atom stereocenters. The molecule has 90 valence electrons. The Morgan fingerprint density at radius 2 is 2.25 bits per heavy atom. The highest BCUT2D eigenvalue weighted by Gasteiger charge is 2.04. The van der Waals surface area contributed by atoms with Gasteiger partial charge in [-0.1, -0.05) is 0 Å². The molecule has 0 aliphatic rings. The van der Waals surface area contributed by atoms with Crippen molar-refractivity contribution in [3.05, 3.63) is 10.7 Å². The van der Waals surface area contributed by atoms with Crippen molar-refractivity contribution in [2.24, 2.45) is 0 Å². The van der Waals surface area contributed by atoms with Crippen molar-refractivity contribution in [1.82, 2.24) is 9.97 Å². The summed E-state index contributed by atoms with van der Waals surface area (Å²) in [5.41, 5.74) is 0. The summed E-state index contributed by atoms with van der Waals surface area (Å²) in [6.07, 6.45) is 2.09. The molecule has 0 aliphatic heterocycles. The van der Waals surface area contributed by atoms with Crippen LogP contribution in [-0.4, -0.2) is 34.3 Å². The van der Waals surface area contributed by atoms with Crippen LogP contribution < -0.4 is 10.6 Å². The van der Waals surface area contributed by atoms with E-state index in [0.717, 1.165) is 16.8 Å². The molecule has 6 heteroatoms. The van der Waals surface area contributed by atoms with Gasteiger partial charge in [-0.3, -0.25) is 0 Å². The SMILES string of the molecule is CCNc1ncc(Br)c(NCCC(C)O)n1. The Morgan fingerprint density at radius 3 is 2.88 bits per heavy atom. The summed E-state index contributed by atoms with van der Waals surface area (Å²) < 4.78 is 0.819. The van der Waals surface area contributed by atoms with Gasteiger partial charge in [0.1, 0.15) is 5.82 Å². The Morgan fingerprint density at radius 1 is 1.50 bits per heavy atom. The van der Waals surface area contributed by atoms with Gasteiger partial charge in [-0.15, -0.1) is 0 Å². The quantitative estimate of drug-likeness (QED) is 0.745. The number of nitrogens with one attached hydrogen (secondary N) is 2. The van der Waals surface area contributed by atoms with Crippen LogP contribution in [0, 0.1) is 0 Å². The fourth-order valence-corrected chi connectivity index (χ4v) is 1.47. The summed E-state index contributed by atoms with van der Waals surface area (Å²) in [4.78, 5) is 8.41. The zero-order valence-corrected chi connectivity index (χ0v) is 11.1. The Bertz CT molecular complexity index is 333. The first-order chi connectivity index (χ1) is 7.63. The van der Waals surface area contributed by atoms with Crippen molar-refractivity contribution in [2.45, 2.75) is 26.4 Å². The Kier molecular flexibility index (Phi) is 5.48. The fraction of sp³-hybridized carbons (Fsp3) is 0.600. The van der Waals surface area contributed by atoms with Gasteiger partial charge in [0.25, 0.3) is 0 Å². The Labute approximate surface area is 104 Å². The third kappa shape index (κ3) is 4.32. The molecule has 0 saturated heterocycles. The van der Waals surface area contributed by atoms with Gasteiger partial charge in [-0.2, -0.15) is 4.98 Å². The number of rotatable bonds is 6. The summed E-state index contributed by atoms with van der Waals surface area (Å²) in [5, 5.41) is 15.3. The van der Waals surface area contributed by atoms with Gasteiger partial charge in [0.2, 0.25) is 5.95 Å². The standard InChI is InChI=1S/C10H17BrN4O/c1-3-12-10-14-6-8(11)9(15-10)13-5-4-7(2)16/h6-7,16H,3-5H2,1-2H3,(H2,12,13,14,15). The molecule has 0 bridgehead atoms. The lowest BCUT2D eigenvalue weighted by molar-refractivity contribution is 0.188. The van der Waals surface area contributed by atoms with Gasteiger partial charge in [-0.05, 0) is 36.2 Å². The number of hydrogen-bond acceptors (Lipinski definition) is 5. The van der Waals surface area contributed by atoms with Gasteiger partial charge in [-0.25, -0.2) is 4.98 Å². The first-order valence-electron chi connectivity index (χ1n) is 5.31. The molecule has 0 amide bonds. The number of aliphatic hydroxyl groups excluding tert-OH is 1. The predicted molar refractivity (Wildman–Crippen MR) is 68.7 cm³/mol. The lowest BCUT2D eigenvalue weighted by Gasteiger charge is -2.10. The highest BCUT2D eigenvalue weighted by Crippen LogP contribution is 2.19. The van der Waals surface area contributed by atoms with Gasteiger partial charge < -0.3 is 15.7 Å². The van der Waals surface area contributed by atoms with Crippen molar-refractivity contribution in [3.8, 4) is 0 Å². The van der Waals surface area contributed by atoms with Crippen LogP contribution in [0.3, 0.4) is 0 Å². The molecule has 1 aromatic heterocycles. The molecular weight excluding hydrogens is 272 g/mol. The summed E-state index contributed by atoms with van der Waals surface area (Å²) in [7, 11) is 0. The van der Waals surface area contributed by atoms with Gasteiger partial charge in [0.15, 0.2) is 0 Å². The van der Waals surface area contributed by atoms with E-state index in [1.54, 1.807) is 13.1 Å². The number of hydrogen-bond donors (Lipinski definition) is 3. The highest BCUT2D eigenvalue weighted by molar-refractivity contribution is 9.10. The van der Waals surface area contributed by atoms with Crippen molar-refractivity contribution in [2.75, 3.05) is 23.7 Å². The van der Waals surface area contributed by atoms with E-state index in [-0.39, 0.29) is 6.10 Å². The summed E-state index contributed by atoms with van der Waals surface area (Å²) in [6.45, 7) is 5.22. The molecule has 1 heterocycles. The number of anilines is 2. The maximum absolute atomic E-state index is 9.14. The summed E-state index contributed by atoms with van der Waals surface area (Å²) >= 11 is 3.37. The van der Waals surface area contributed by atoms with E-state index in [4.69, 9.17) is 5.11 Å². The zero-order valence-electron chi connectivity index (χ0n) is 9.50. The maximum atomic E-state index is 9.14. The van der Waals surface area contributed by atoms with Crippen LogP contribution in [-0.2, 0) is 0 Å². The predicted octanol–water partition coefficient (Wildman–Crippen LogP) is 1.85. The van der Waals surface area contributed by atoms with Crippen molar-refractivity contribution >= 4 is 27.7 Å². The topological polar surface area (TPSA) is 70.1 Å². The number of aromatic nitrogens is 2. The summed E-state index contributed by atoms with van der Waals surface area (Å²) in [5.74, 6) is 1.34. The molecule has 0 saturated carbocycles. The molecular formula is C10H17BrN4O. The van der Waals surface area contributed by atoms with E-state index >= 15 is 0 Å². The van der Waals surface area contributed by atoms with Crippen molar-refractivity contribution in [1.29, 1.82) is 0 Å². The molecule has 5 nitrogen and oxygen atoms in total. The second kappa shape index (κ2) is 6.65. The second-order valence-electron chi connectivity index (χ2n) is 3.48. The Balaban J connectivity index is 2.59. The van der Waals surface area contributed by atoms with Crippen LogP contribution in [0.25, 0.3) is 0 Å². The van der Waals surface area contributed by atoms with Gasteiger partial charge in [0.05, 0.1) is 10.6 Å². The lowest BCUT2D eigenvalue weighted by Crippen LogP contribution is -2.12. The normalized spacial score (nSPS) is 12.2. The molecule has 1 rings (SSSR count). The molecule has 1 aromatic rings. The fourth-order valence-electron chi connectivity index (χ4n) is 1.13. The Hall–Kier alpha value is -0.880. The third-order valence-electron chi connectivity index (χ3n) is 1.93. The van der Waals surface area contributed by atoms with E-state index in [0.29, 0.717) is 18.9 Å². The molecule has 0 aliphatic carbocycles. The van der Waals surface area contributed by atoms with Crippen LogP contribution in [0.4, 0.5) is 11.8 Å². The number of halogens is 1. The summed E-state index contributed by atoms with van der Waals surface area (Å²) in [6, 6.07) is 0. The lowest BCUT2D eigenvalue weighted by atomic mass is 10.3. The van der Waals surface area contributed by atoms with Crippen molar-refractivity contribution < 1.29 is 5.11 Å². The van der Waals surface area contributed by atoms with Crippen LogP contribution in [0.15, 0.2) is 10.7 Å². The molecule has 3 N–H and O–H groups in total. The van der Waals surface area contributed by atoms with E-state index in [9.17, 15) is 0 Å². The first kappa shape index (κ1) is 13.2. The number of nitrogens with zero attached hydrogens (tertiary/aromatic N) is 2. The minimum Gasteiger partial charge on any atom is -0.393 e. The zero-order chi connectivity index (χ0) is 12.0. The monoisotopic (exact) mass is 288 g/mol. The van der Waals surface area contributed by atoms with Crippen LogP contribution in [0.1, 0.15) is 20.3 Å². The van der Waals surface area contributed by atoms with Gasteiger partial charge in [0, 0.05) is 19.3 Å². The minimum absolute atomic E-state index is 0.304. The molecule has 1 unspecified atom stereocenters. The smallest absolute Gasteiger partial charge is 0.224 e. The maximum Gasteiger partial charge on any atom is 0.224 e. The van der Waals surface area contributed by atoms with E-state index in [2.05, 4.69) is 36.5 Å². The molecule has 16 heavy (non-hydrogen) atoms. The van der Waals surface area contributed by atoms with Crippen molar-refractivity contribution in [3.63, 3.8) is 0 Å². The van der Waals surface area contributed by atoms with Gasteiger partial charge >= 0.3 is 0 Å². The van der Waals surface area contributed by atoms with E-state index in [1.165, 1.54) is 0 Å². The second-order valence-corrected chi connectivity index (χ2v) is 4.34. The first-order valence-corrected chi connectivity index (χ1v) is 6.11. The minimum atomic E-state index is -0.304. The van der Waals surface area contributed by atoms with Crippen LogP contribution in [0.2, 0.25) is 0 Å². The molecule has 0 fully saturated rings.